The van der Waals surface area contributed by atoms with Crippen molar-refractivity contribution in [2.45, 2.75) is 5.75 Å². The van der Waals surface area contributed by atoms with Crippen molar-refractivity contribution in [2.24, 2.45) is 0 Å². The summed E-state index contributed by atoms with van der Waals surface area (Å²) in [6.45, 7) is 0. The molecule has 0 bridgehead atoms. The number of carbonyl (C=O) groups excluding carboxylic acids is 1. The second-order valence-corrected chi connectivity index (χ2v) is 4.21. The molecule has 0 fully saturated rings. The zero-order chi connectivity index (χ0) is 8.81. The van der Waals surface area contributed by atoms with Crippen molar-refractivity contribution < 1.29 is 4.79 Å². The first-order valence-corrected chi connectivity index (χ1v) is 5.78. The van der Waals surface area contributed by atoms with Crippen molar-refractivity contribution in [1.82, 2.24) is 0 Å². The Labute approximate surface area is 80.9 Å². The summed E-state index contributed by atoms with van der Waals surface area (Å²) in [6, 6.07) is 10.0. The third kappa shape index (κ3) is 3.32. The van der Waals surface area contributed by atoms with Gasteiger partial charge in [-0.2, -0.15) is 0 Å². The first kappa shape index (κ1) is 9.68. The largest absolute Gasteiger partial charge is 0.274 e. The molecular weight excluding hydrogens is 188 g/mol. The van der Waals surface area contributed by atoms with Crippen LogP contribution in [0.5, 0.6) is 0 Å². The van der Waals surface area contributed by atoms with Gasteiger partial charge in [-0.1, -0.05) is 53.9 Å². The molecule has 0 atom stereocenters. The van der Waals surface area contributed by atoms with Gasteiger partial charge in [0, 0.05) is 5.75 Å². The Bertz CT molecular complexity index is 246. The van der Waals surface area contributed by atoms with E-state index >= 15 is 0 Å². The van der Waals surface area contributed by atoms with Crippen LogP contribution in [0.1, 0.15) is 5.56 Å². The van der Waals surface area contributed by atoms with E-state index in [9.17, 15) is 4.79 Å². The van der Waals surface area contributed by atoms with Gasteiger partial charge in [-0.05, 0) is 11.8 Å². The molecule has 0 aliphatic carbocycles. The van der Waals surface area contributed by atoms with Crippen molar-refractivity contribution in [3.63, 3.8) is 0 Å². The lowest BCUT2D eigenvalue weighted by Gasteiger charge is -1.97. The molecule has 0 N–H and O–H groups in total. The first-order chi connectivity index (χ1) is 5.83. The lowest BCUT2D eigenvalue weighted by atomic mass is 10.2. The molecule has 0 heterocycles. The van der Waals surface area contributed by atoms with Gasteiger partial charge >= 0.3 is 0 Å². The molecule has 1 nitrogen and oxygen atoms in total. The van der Waals surface area contributed by atoms with Crippen LogP contribution in [0.2, 0.25) is 0 Å². The van der Waals surface area contributed by atoms with Crippen LogP contribution < -0.4 is 0 Å². The van der Waals surface area contributed by atoms with Gasteiger partial charge in [0.2, 0.25) is 4.45 Å². The zero-order valence-corrected chi connectivity index (χ0v) is 8.45. The van der Waals surface area contributed by atoms with Gasteiger partial charge in [-0.15, -0.1) is 0 Å². The first-order valence-electron chi connectivity index (χ1n) is 3.57. The smallest absolute Gasteiger partial charge is 0.246 e. The summed E-state index contributed by atoms with van der Waals surface area (Å²) in [5.74, 6) is 0.778. The molecule has 0 amide bonds. The predicted octanol–water partition coefficient (Wildman–Crippen LogP) is 3.40. The molecule has 0 saturated heterocycles. The van der Waals surface area contributed by atoms with E-state index < -0.39 is 0 Å². The fourth-order valence-electron chi connectivity index (χ4n) is 0.775. The molecule has 0 aromatic heterocycles. The normalized spacial score (nSPS) is 9.75. The SMILES string of the molecule is CSC(=O)SCc1ccccc1. The Balaban J connectivity index is 2.38. The number of rotatable bonds is 2. The molecule has 12 heavy (non-hydrogen) atoms. The van der Waals surface area contributed by atoms with Crippen LogP contribution in [0.3, 0.4) is 0 Å². The standard InChI is InChI=1S/C9H10OS2/c1-11-9(10)12-7-8-5-3-2-4-6-8/h2-6H,7H2,1H3. The molecule has 0 unspecified atom stereocenters. The fourth-order valence-corrected chi connectivity index (χ4v) is 1.90. The lowest BCUT2D eigenvalue weighted by molar-refractivity contribution is 0.276. The van der Waals surface area contributed by atoms with E-state index in [1.54, 1.807) is 6.26 Å². The van der Waals surface area contributed by atoms with Crippen LogP contribution in [0, 0.1) is 0 Å². The quantitative estimate of drug-likeness (QED) is 0.725. The summed E-state index contributed by atoms with van der Waals surface area (Å²) in [5.41, 5.74) is 1.20. The zero-order valence-electron chi connectivity index (χ0n) is 6.82. The molecule has 0 radical (unpaired) electrons. The number of hydrogen-bond acceptors (Lipinski definition) is 3. The van der Waals surface area contributed by atoms with E-state index in [1.807, 2.05) is 30.3 Å². The molecule has 1 aromatic carbocycles. The molecule has 1 aromatic rings. The van der Waals surface area contributed by atoms with Crippen molar-refractivity contribution in [3.05, 3.63) is 35.9 Å². The van der Waals surface area contributed by atoms with Gasteiger partial charge in [0.05, 0.1) is 0 Å². The molecule has 1 rings (SSSR count). The molecule has 3 heteroatoms. The second kappa shape index (κ2) is 5.27. The van der Waals surface area contributed by atoms with Crippen LogP contribution in [-0.2, 0) is 5.75 Å². The molecule has 64 valence electrons. The van der Waals surface area contributed by atoms with Crippen LogP contribution in [0.4, 0.5) is 4.79 Å². The van der Waals surface area contributed by atoms with Crippen LogP contribution >= 0.6 is 23.5 Å². The molecule has 0 aliphatic rings. The van der Waals surface area contributed by atoms with E-state index in [1.165, 1.54) is 29.1 Å². The summed E-state index contributed by atoms with van der Waals surface area (Å²) >= 11 is 2.62. The molecule has 0 saturated carbocycles. The van der Waals surface area contributed by atoms with Crippen molar-refractivity contribution in [3.8, 4) is 0 Å². The van der Waals surface area contributed by atoms with Crippen LogP contribution in [-0.4, -0.2) is 10.7 Å². The van der Waals surface area contributed by atoms with E-state index in [2.05, 4.69) is 0 Å². The Morgan fingerprint density at radius 1 is 1.33 bits per heavy atom. The van der Waals surface area contributed by atoms with Crippen LogP contribution in [0.25, 0.3) is 0 Å². The number of benzene rings is 1. The van der Waals surface area contributed by atoms with Gasteiger partial charge in [0.1, 0.15) is 0 Å². The van der Waals surface area contributed by atoms with Gasteiger partial charge < -0.3 is 0 Å². The maximum absolute atomic E-state index is 10.9. The van der Waals surface area contributed by atoms with E-state index in [0.717, 1.165) is 5.75 Å². The monoisotopic (exact) mass is 198 g/mol. The maximum Gasteiger partial charge on any atom is 0.246 e. The average Bonchev–Trinajstić information content (AvgIpc) is 2.16. The minimum Gasteiger partial charge on any atom is -0.274 e. The number of carbonyl (C=O) groups is 1. The minimum atomic E-state index is 0.179. The minimum absolute atomic E-state index is 0.179. The van der Waals surface area contributed by atoms with Gasteiger partial charge in [0.15, 0.2) is 0 Å². The Morgan fingerprint density at radius 2 is 2.00 bits per heavy atom. The third-order valence-corrected chi connectivity index (χ3v) is 3.27. The van der Waals surface area contributed by atoms with E-state index in [0.29, 0.717) is 0 Å². The molecular formula is C9H10OS2. The second-order valence-electron chi connectivity index (χ2n) is 2.23. The maximum atomic E-state index is 10.9. The highest BCUT2D eigenvalue weighted by molar-refractivity contribution is 8.38. The highest BCUT2D eigenvalue weighted by atomic mass is 32.2. The lowest BCUT2D eigenvalue weighted by Crippen LogP contribution is -1.82. The highest BCUT2D eigenvalue weighted by Gasteiger charge is 1.99. The summed E-state index contributed by atoms with van der Waals surface area (Å²) in [6.07, 6.45) is 1.81. The predicted molar refractivity (Wildman–Crippen MR) is 56.6 cm³/mol. The fraction of sp³-hybridized carbons (Fsp3) is 0.222. The highest BCUT2D eigenvalue weighted by Crippen LogP contribution is 2.18. The van der Waals surface area contributed by atoms with Crippen molar-refractivity contribution in [2.75, 3.05) is 6.26 Å². The number of thioether (sulfide) groups is 2. The Morgan fingerprint density at radius 3 is 2.58 bits per heavy atom. The van der Waals surface area contributed by atoms with Crippen molar-refractivity contribution in [1.29, 1.82) is 0 Å². The van der Waals surface area contributed by atoms with E-state index in [-0.39, 0.29) is 4.45 Å². The van der Waals surface area contributed by atoms with Gasteiger partial charge in [-0.3, -0.25) is 4.79 Å². The molecule has 0 aliphatic heterocycles. The van der Waals surface area contributed by atoms with Gasteiger partial charge in [-0.25, -0.2) is 0 Å². The van der Waals surface area contributed by atoms with E-state index in [4.69, 9.17) is 0 Å². The summed E-state index contributed by atoms with van der Waals surface area (Å²) in [5, 5.41) is 0. The van der Waals surface area contributed by atoms with Crippen LogP contribution in [0.15, 0.2) is 30.3 Å². The molecule has 0 spiro atoms. The summed E-state index contributed by atoms with van der Waals surface area (Å²) in [7, 11) is 0. The summed E-state index contributed by atoms with van der Waals surface area (Å²) in [4.78, 5) is 10.9. The Kier molecular flexibility index (Phi) is 4.25. The third-order valence-electron chi connectivity index (χ3n) is 1.37. The summed E-state index contributed by atoms with van der Waals surface area (Å²) < 4.78 is 0.179. The number of hydrogen-bond donors (Lipinski definition) is 0. The Hall–Kier alpha value is -0.410. The average molecular weight is 198 g/mol. The topological polar surface area (TPSA) is 17.1 Å². The van der Waals surface area contributed by atoms with Crippen molar-refractivity contribution >= 4 is 28.0 Å². The van der Waals surface area contributed by atoms with Gasteiger partial charge in [0.25, 0.3) is 0 Å².